The van der Waals surface area contributed by atoms with Crippen LogP contribution in [0.5, 0.6) is 11.5 Å². The van der Waals surface area contributed by atoms with Crippen LogP contribution in [0.15, 0.2) is 65.6 Å². The Kier molecular flexibility index (Phi) is 7.91. The van der Waals surface area contributed by atoms with Crippen molar-refractivity contribution in [3.05, 3.63) is 81.8 Å². The van der Waals surface area contributed by atoms with Crippen molar-refractivity contribution in [2.45, 2.75) is 17.6 Å². The monoisotopic (exact) mass is 461 g/mol. The smallest absolute Gasteiger partial charge is 0.255 e. The molecule has 7 heteroatoms. The molecule has 0 saturated carbocycles. The van der Waals surface area contributed by atoms with Gasteiger partial charge in [-0.2, -0.15) is 0 Å². The highest BCUT2D eigenvalue weighted by molar-refractivity contribution is 7.98. The maximum absolute atomic E-state index is 12.8. The SMILES string of the molecule is CCOc1ccc(C(=O)Nc2ccc(OC)c(Cl)c2)cc1CSc1ccc(Cl)cc1. The van der Waals surface area contributed by atoms with Gasteiger partial charge in [-0.25, -0.2) is 0 Å². The van der Waals surface area contributed by atoms with Crippen molar-refractivity contribution in [2.24, 2.45) is 0 Å². The fraction of sp³-hybridized carbons (Fsp3) is 0.174. The lowest BCUT2D eigenvalue weighted by Gasteiger charge is -2.13. The summed E-state index contributed by atoms with van der Waals surface area (Å²) >= 11 is 13.8. The summed E-state index contributed by atoms with van der Waals surface area (Å²) < 4.78 is 10.9. The lowest BCUT2D eigenvalue weighted by Crippen LogP contribution is -2.12. The largest absolute Gasteiger partial charge is 0.495 e. The number of benzene rings is 3. The van der Waals surface area contributed by atoms with Gasteiger partial charge in [-0.15, -0.1) is 11.8 Å². The van der Waals surface area contributed by atoms with E-state index in [2.05, 4.69) is 5.32 Å². The van der Waals surface area contributed by atoms with Gasteiger partial charge in [0.15, 0.2) is 0 Å². The Bertz CT molecular complexity index is 1030. The van der Waals surface area contributed by atoms with Crippen LogP contribution in [-0.4, -0.2) is 19.6 Å². The standard InChI is InChI=1S/C23H21Cl2NO3S/c1-3-29-21-10-4-15(12-16(21)14-30-19-8-5-17(24)6-9-19)23(27)26-18-7-11-22(28-2)20(25)13-18/h4-13H,3,14H2,1-2H3,(H,26,27). The molecule has 0 radical (unpaired) electrons. The zero-order valence-corrected chi connectivity index (χ0v) is 18.9. The Morgan fingerprint density at radius 3 is 2.40 bits per heavy atom. The van der Waals surface area contributed by atoms with Gasteiger partial charge in [0.25, 0.3) is 5.91 Å². The van der Waals surface area contributed by atoms with Gasteiger partial charge in [0.1, 0.15) is 11.5 Å². The third-order valence-electron chi connectivity index (χ3n) is 4.24. The molecule has 3 aromatic rings. The molecule has 0 aliphatic rings. The number of carbonyl (C=O) groups is 1. The molecule has 0 aliphatic heterocycles. The molecule has 30 heavy (non-hydrogen) atoms. The lowest BCUT2D eigenvalue weighted by atomic mass is 10.1. The van der Waals surface area contributed by atoms with Crippen LogP contribution in [0.1, 0.15) is 22.8 Å². The summed E-state index contributed by atoms with van der Waals surface area (Å²) in [5, 5.41) is 4.00. The van der Waals surface area contributed by atoms with E-state index in [0.717, 1.165) is 16.2 Å². The van der Waals surface area contributed by atoms with Crippen molar-refractivity contribution < 1.29 is 14.3 Å². The zero-order valence-electron chi connectivity index (χ0n) is 16.6. The van der Waals surface area contributed by atoms with Crippen molar-refractivity contribution >= 4 is 46.6 Å². The Morgan fingerprint density at radius 1 is 1.00 bits per heavy atom. The Hall–Kier alpha value is -2.34. The van der Waals surface area contributed by atoms with E-state index in [1.807, 2.05) is 43.3 Å². The predicted octanol–water partition coefficient (Wildman–Crippen LogP) is 6.95. The second kappa shape index (κ2) is 10.6. The third-order valence-corrected chi connectivity index (χ3v) is 5.85. The fourth-order valence-corrected chi connectivity index (χ4v) is 4.03. The highest BCUT2D eigenvalue weighted by Crippen LogP contribution is 2.31. The van der Waals surface area contributed by atoms with Gasteiger partial charge in [-0.1, -0.05) is 23.2 Å². The van der Waals surface area contributed by atoms with Gasteiger partial charge < -0.3 is 14.8 Å². The number of anilines is 1. The Labute approximate surface area is 190 Å². The van der Waals surface area contributed by atoms with Gasteiger partial charge in [-0.3, -0.25) is 4.79 Å². The summed E-state index contributed by atoms with van der Waals surface area (Å²) in [5.74, 6) is 1.75. The van der Waals surface area contributed by atoms with Crippen LogP contribution >= 0.6 is 35.0 Å². The molecule has 1 N–H and O–H groups in total. The second-order valence-electron chi connectivity index (χ2n) is 6.30. The van der Waals surface area contributed by atoms with Gasteiger partial charge in [0, 0.05) is 32.5 Å². The Morgan fingerprint density at radius 2 is 1.73 bits per heavy atom. The molecule has 0 saturated heterocycles. The summed E-state index contributed by atoms with van der Waals surface area (Å²) in [6.45, 7) is 2.48. The van der Waals surface area contributed by atoms with Crippen molar-refractivity contribution in [3.63, 3.8) is 0 Å². The van der Waals surface area contributed by atoms with E-state index in [1.54, 1.807) is 43.1 Å². The number of methoxy groups -OCH3 is 1. The predicted molar refractivity (Wildman–Crippen MR) is 125 cm³/mol. The highest BCUT2D eigenvalue weighted by atomic mass is 35.5. The summed E-state index contributed by atoms with van der Waals surface area (Å²) in [6.07, 6.45) is 0. The van der Waals surface area contributed by atoms with Crippen LogP contribution in [0.25, 0.3) is 0 Å². The van der Waals surface area contributed by atoms with Crippen LogP contribution in [0.2, 0.25) is 10.0 Å². The number of rotatable bonds is 8. The van der Waals surface area contributed by atoms with E-state index in [0.29, 0.717) is 39.4 Å². The molecule has 3 aromatic carbocycles. The van der Waals surface area contributed by atoms with Crippen molar-refractivity contribution in [1.29, 1.82) is 0 Å². The zero-order chi connectivity index (χ0) is 21.5. The average molecular weight is 462 g/mol. The molecular formula is C23H21Cl2NO3S. The minimum atomic E-state index is -0.225. The first-order chi connectivity index (χ1) is 14.5. The summed E-state index contributed by atoms with van der Waals surface area (Å²) in [7, 11) is 1.54. The second-order valence-corrected chi connectivity index (χ2v) is 8.19. The third kappa shape index (κ3) is 5.85. The molecule has 0 unspecified atom stereocenters. The van der Waals surface area contributed by atoms with Crippen molar-refractivity contribution in [2.75, 3.05) is 19.0 Å². The van der Waals surface area contributed by atoms with E-state index < -0.39 is 0 Å². The van der Waals surface area contributed by atoms with Gasteiger partial charge in [-0.05, 0) is 67.6 Å². The molecule has 0 aliphatic carbocycles. The molecule has 156 valence electrons. The number of nitrogens with one attached hydrogen (secondary N) is 1. The number of halogens is 2. The lowest BCUT2D eigenvalue weighted by molar-refractivity contribution is 0.102. The first-order valence-electron chi connectivity index (χ1n) is 9.29. The van der Waals surface area contributed by atoms with E-state index in [9.17, 15) is 4.79 Å². The molecule has 1 amide bonds. The van der Waals surface area contributed by atoms with Crippen LogP contribution in [-0.2, 0) is 5.75 Å². The van der Waals surface area contributed by atoms with Crippen molar-refractivity contribution in [1.82, 2.24) is 0 Å². The summed E-state index contributed by atoms with van der Waals surface area (Å²) in [4.78, 5) is 13.9. The number of hydrogen-bond donors (Lipinski definition) is 1. The minimum absolute atomic E-state index is 0.225. The first kappa shape index (κ1) is 22.3. The quantitative estimate of drug-likeness (QED) is 0.368. The van der Waals surface area contributed by atoms with E-state index in [1.165, 1.54) is 0 Å². The molecule has 0 atom stereocenters. The van der Waals surface area contributed by atoms with E-state index >= 15 is 0 Å². The molecular weight excluding hydrogens is 441 g/mol. The maximum atomic E-state index is 12.8. The van der Waals surface area contributed by atoms with Gasteiger partial charge in [0.2, 0.25) is 0 Å². The number of ether oxygens (including phenoxy) is 2. The number of carbonyl (C=O) groups excluding carboxylic acids is 1. The number of thioether (sulfide) groups is 1. The Balaban J connectivity index is 1.77. The van der Waals surface area contributed by atoms with E-state index in [-0.39, 0.29) is 5.91 Å². The summed E-state index contributed by atoms with van der Waals surface area (Å²) in [6, 6.07) is 18.2. The van der Waals surface area contributed by atoms with Crippen LogP contribution in [0, 0.1) is 0 Å². The molecule has 0 heterocycles. The molecule has 4 nitrogen and oxygen atoms in total. The number of amides is 1. The number of hydrogen-bond acceptors (Lipinski definition) is 4. The van der Waals surface area contributed by atoms with Gasteiger partial charge in [0.05, 0.1) is 18.7 Å². The average Bonchev–Trinajstić information content (AvgIpc) is 2.74. The molecule has 0 bridgehead atoms. The van der Waals surface area contributed by atoms with Crippen LogP contribution < -0.4 is 14.8 Å². The fourth-order valence-electron chi connectivity index (χ4n) is 2.77. The normalized spacial score (nSPS) is 10.5. The minimum Gasteiger partial charge on any atom is -0.495 e. The maximum Gasteiger partial charge on any atom is 0.255 e. The van der Waals surface area contributed by atoms with Gasteiger partial charge >= 0.3 is 0 Å². The van der Waals surface area contributed by atoms with Crippen LogP contribution in [0.3, 0.4) is 0 Å². The van der Waals surface area contributed by atoms with E-state index in [4.69, 9.17) is 32.7 Å². The summed E-state index contributed by atoms with van der Waals surface area (Å²) in [5.41, 5.74) is 2.08. The molecule has 0 aromatic heterocycles. The highest BCUT2D eigenvalue weighted by Gasteiger charge is 2.12. The van der Waals surface area contributed by atoms with Crippen molar-refractivity contribution in [3.8, 4) is 11.5 Å². The molecule has 0 fully saturated rings. The van der Waals surface area contributed by atoms with Crippen LogP contribution in [0.4, 0.5) is 5.69 Å². The topological polar surface area (TPSA) is 47.6 Å². The molecule has 3 rings (SSSR count). The first-order valence-corrected chi connectivity index (χ1v) is 11.0. The molecule has 0 spiro atoms.